The number of benzene rings is 2. The van der Waals surface area contributed by atoms with E-state index in [0.29, 0.717) is 16.9 Å². The van der Waals surface area contributed by atoms with Crippen LogP contribution < -0.4 is 15.2 Å². The number of aromatic nitrogens is 1. The number of halogens is 4. The number of anilines is 1. The smallest absolute Gasteiger partial charge is 0.166 e. The van der Waals surface area contributed by atoms with Gasteiger partial charge in [-0.25, -0.2) is 13.8 Å². The van der Waals surface area contributed by atoms with Crippen LogP contribution in [0.3, 0.4) is 0 Å². The molecule has 1 aliphatic carbocycles. The highest BCUT2D eigenvalue weighted by molar-refractivity contribution is 6.36. The molecule has 2 N–H and O–H groups in total. The van der Waals surface area contributed by atoms with Crippen LogP contribution in [0.2, 0.25) is 10.0 Å². The summed E-state index contributed by atoms with van der Waals surface area (Å²) in [5.41, 5.74) is 7.59. The molecule has 1 spiro atoms. The lowest BCUT2D eigenvalue weighted by Crippen LogP contribution is -2.37. The van der Waals surface area contributed by atoms with Crippen LogP contribution in [0.1, 0.15) is 56.3 Å². The van der Waals surface area contributed by atoms with E-state index in [0.717, 1.165) is 31.2 Å². The maximum Gasteiger partial charge on any atom is 0.166 e. The number of nitrogens with zero attached hydrogens (tertiary/aromatic N) is 1. The molecule has 0 bridgehead atoms. The van der Waals surface area contributed by atoms with Gasteiger partial charge in [0.2, 0.25) is 0 Å². The Labute approximate surface area is 212 Å². The minimum Gasteiger partial charge on any atom is -0.482 e. The van der Waals surface area contributed by atoms with Gasteiger partial charge in [0, 0.05) is 39.5 Å². The summed E-state index contributed by atoms with van der Waals surface area (Å²) in [5, 5.41) is 0.130. The van der Waals surface area contributed by atoms with Crippen molar-refractivity contribution in [2.45, 2.75) is 50.7 Å². The molecule has 4 nitrogen and oxygen atoms in total. The number of pyridine rings is 1. The summed E-state index contributed by atoms with van der Waals surface area (Å²) >= 11 is 12.3. The molecule has 1 aromatic heterocycles. The van der Waals surface area contributed by atoms with Crippen molar-refractivity contribution in [2.75, 3.05) is 5.73 Å². The summed E-state index contributed by atoms with van der Waals surface area (Å²) in [7, 11) is 0. The van der Waals surface area contributed by atoms with Gasteiger partial charge in [-0.3, -0.25) is 0 Å². The highest BCUT2D eigenvalue weighted by Gasteiger charge is 2.34. The summed E-state index contributed by atoms with van der Waals surface area (Å²) in [6.45, 7) is 1.67. The van der Waals surface area contributed by atoms with Gasteiger partial charge in [0.25, 0.3) is 0 Å². The van der Waals surface area contributed by atoms with Gasteiger partial charge in [0.1, 0.15) is 29.1 Å². The summed E-state index contributed by atoms with van der Waals surface area (Å²) in [6, 6.07) is 7.35. The van der Waals surface area contributed by atoms with E-state index in [-0.39, 0.29) is 32.8 Å². The molecule has 0 radical (unpaired) electrons. The maximum absolute atomic E-state index is 15.2. The van der Waals surface area contributed by atoms with E-state index in [9.17, 15) is 4.39 Å². The van der Waals surface area contributed by atoms with Gasteiger partial charge in [-0.05, 0) is 62.9 Å². The van der Waals surface area contributed by atoms with E-state index in [1.165, 1.54) is 30.8 Å². The third-order valence-corrected chi connectivity index (χ3v) is 7.38. The van der Waals surface area contributed by atoms with Crippen molar-refractivity contribution in [3.8, 4) is 22.6 Å². The number of rotatable bonds is 4. The molecule has 182 valence electrons. The molecule has 8 heteroatoms. The maximum atomic E-state index is 15.2. The summed E-state index contributed by atoms with van der Waals surface area (Å²) < 4.78 is 41.4. The molecular weight excluding hydrogens is 493 g/mol. The molecule has 1 saturated carbocycles. The van der Waals surface area contributed by atoms with Gasteiger partial charge in [0.15, 0.2) is 11.6 Å². The number of hydrogen-bond acceptors (Lipinski definition) is 4. The zero-order chi connectivity index (χ0) is 24.7. The number of fused-ring (bicyclic) bond motifs is 1. The zero-order valence-electron chi connectivity index (χ0n) is 19.1. The van der Waals surface area contributed by atoms with Crippen molar-refractivity contribution in [1.82, 2.24) is 4.98 Å². The van der Waals surface area contributed by atoms with E-state index < -0.39 is 17.7 Å². The largest absolute Gasteiger partial charge is 0.482 e. The van der Waals surface area contributed by atoms with Crippen LogP contribution in [-0.2, 0) is 0 Å². The van der Waals surface area contributed by atoms with Gasteiger partial charge < -0.3 is 15.2 Å². The Morgan fingerprint density at radius 2 is 1.86 bits per heavy atom. The molecule has 5 rings (SSSR count). The number of nitrogen functional groups attached to an aromatic ring is 1. The van der Waals surface area contributed by atoms with E-state index in [1.54, 1.807) is 19.1 Å². The predicted molar refractivity (Wildman–Crippen MR) is 135 cm³/mol. The highest BCUT2D eigenvalue weighted by Crippen LogP contribution is 2.43. The molecule has 1 atom stereocenters. The van der Waals surface area contributed by atoms with Crippen LogP contribution >= 0.6 is 23.2 Å². The van der Waals surface area contributed by atoms with Crippen molar-refractivity contribution in [3.05, 3.63) is 75.4 Å². The number of ether oxygens (including phenoxy) is 2. The van der Waals surface area contributed by atoms with Crippen LogP contribution in [0.25, 0.3) is 17.2 Å². The van der Waals surface area contributed by atoms with Crippen LogP contribution in [-0.4, -0.2) is 10.6 Å². The minimum atomic E-state index is -0.735. The molecule has 0 saturated heterocycles. The molecule has 0 amide bonds. The van der Waals surface area contributed by atoms with E-state index in [1.807, 2.05) is 6.08 Å². The second-order valence-corrected chi connectivity index (χ2v) is 9.84. The van der Waals surface area contributed by atoms with Gasteiger partial charge in [-0.2, -0.15) is 0 Å². The van der Waals surface area contributed by atoms with Gasteiger partial charge >= 0.3 is 0 Å². The number of nitrogens with two attached hydrogens (primary N) is 1. The van der Waals surface area contributed by atoms with Gasteiger partial charge in [0.05, 0.1) is 5.02 Å². The summed E-state index contributed by atoms with van der Waals surface area (Å²) in [5.74, 6) is -0.198. The van der Waals surface area contributed by atoms with Crippen LogP contribution in [0.5, 0.6) is 11.5 Å². The third kappa shape index (κ3) is 4.57. The summed E-state index contributed by atoms with van der Waals surface area (Å²) in [4.78, 5) is 4.18. The summed E-state index contributed by atoms with van der Waals surface area (Å²) in [6.07, 6.45) is 10.1. The highest BCUT2D eigenvalue weighted by atomic mass is 35.5. The first-order valence-corrected chi connectivity index (χ1v) is 12.3. The lowest BCUT2D eigenvalue weighted by atomic mass is 9.82. The molecule has 3 aromatic rings. The second-order valence-electron chi connectivity index (χ2n) is 9.06. The average molecular weight is 517 g/mol. The van der Waals surface area contributed by atoms with E-state index >= 15 is 4.39 Å². The second kappa shape index (κ2) is 9.32. The standard InChI is InChI=1S/C27H24Cl2F2N2O2/c1-15(24-19(28)5-6-20(30)25(24)29)34-23-12-17(14-33-26(23)32)18-11-16-7-10-27(8-3-2-4-9-27)35-22(16)13-21(18)31/h5-7,10-15H,2-4,8-9H2,1H3,(H2,32,33)/t15-/m1/s1. The Morgan fingerprint density at radius 1 is 1.09 bits per heavy atom. The fraction of sp³-hybridized carbons (Fsp3) is 0.296. The zero-order valence-corrected chi connectivity index (χ0v) is 20.6. The first kappa shape index (κ1) is 23.9. The minimum absolute atomic E-state index is 0.102. The van der Waals surface area contributed by atoms with Crippen molar-refractivity contribution >= 4 is 35.1 Å². The van der Waals surface area contributed by atoms with Crippen molar-refractivity contribution in [3.63, 3.8) is 0 Å². The van der Waals surface area contributed by atoms with Gasteiger partial charge in [-0.15, -0.1) is 0 Å². The third-order valence-electron chi connectivity index (χ3n) is 6.66. The Balaban J connectivity index is 1.45. The van der Waals surface area contributed by atoms with Crippen LogP contribution in [0.4, 0.5) is 14.6 Å². The van der Waals surface area contributed by atoms with Crippen molar-refractivity contribution < 1.29 is 18.3 Å². The molecular formula is C27H24Cl2F2N2O2. The normalized spacial score (nSPS) is 17.1. The fourth-order valence-corrected chi connectivity index (χ4v) is 5.46. The van der Waals surface area contributed by atoms with Crippen molar-refractivity contribution in [1.29, 1.82) is 0 Å². The molecule has 1 aliphatic heterocycles. The monoisotopic (exact) mass is 516 g/mol. The lowest BCUT2D eigenvalue weighted by Gasteiger charge is -2.38. The molecule has 35 heavy (non-hydrogen) atoms. The Kier molecular flexibility index (Phi) is 6.36. The first-order valence-electron chi connectivity index (χ1n) is 11.5. The average Bonchev–Trinajstić information content (AvgIpc) is 2.83. The molecule has 2 aromatic carbocycles. The molecule has 1 fully saturated rings. The Hall–Kier alpha value is -2.83. The molecule has 2 heterocycles. The predicted octanol–water partition coefficient (Wildman–Crippen LogP) is 8.16. The Morgan fingerprint density at radius 3 is 2.63 bits per heavy atom. The van der Waals surface area contributed by atoms with Gasteiger partial charge in [-0.1, -0.05) is 35.7 Å². The fourth-order valence-electron chi connectivity index (χ4n) is 4.79. The quantitative estimate of drug-likeness (QED) is 0.355. The lowest BCUT2D eigenvalue weighted by molar-refractivity contribution is 0.0749. The molecule has 0 unspecified atom stereocenters. The van der Waals surface area contributed by atoms with Crippen molar-refractivity contribution in [2.24, 2.45) is 0 Å². The SMILES string of the molecule is C[C@@H](Oc1cc(-c2cc3c(cc2F)OC2(C=C3)CCCCC2)cnc1N)c1c(Cl)ccc(F)c1Cl. The Bertz CT molecular complexity index is 1320. The topological polar surface area (TPSA) is 57.4 Å². The molecule has 2 aliphatic rings. The van der Waals surface area contributed by atoms with Crippen LogP contribution in [0, 0.1) is 11.6 Å². The number of hydrogen-bond donors (Lipinski definition) is 1. The first-order chi connectivity index (χ1) is 16.8. The van der Waals surface area contributed by atoms with Crippen LogP contribution in [0.15, 0.2) is 42.6 Å². The van der Waals surface area contributed by atoms with E-state index in [4.69, 9.17) is 38.4 Å². The van der Waals surface area contributed by atoms with E-state index in [2.05, 4.69) is 11.1 Å².